The number of hydrogen-bond acceptors (Lipinski definition) is 2. The molecule has 0 aromatic carbocycles. The van der Waals surface area contributed by atoms with Crippen LogP contribution in [0.2, 0.25) is 0 Å². The van der Waals surface area contributed by atoms with Crippen molar-refractivity contribution in [2.24, 2.45) is 17.6 Å². The lowest BCUT2D eigenvalue weighted by Gasteiger charge is -2.32. The lowest BCUT2D eigenvalue weighted by Crippen LogP contribution is -2.39. The largest absolute Gasteiger partial charge is 0.342 e. The molecule has 0 bridgehead atoms. The van der Waals surface area contributed by atoms with Gasteiger partial charge in [0.2, 0.25) is 5.91 Å². The highest BCUT2D eigenvalue weighted by atomic mass is 16.2. The number of nitrogens with zero attached hydrogens (tertiary/aromatic N) is 1. The predicted octanol–water partition coefficient (Wildman–Crippen LogP) is 3.96. The molecule has 0 unspecified atom stereocenters. The van der Waals surface area contributed by atoms with Gasteiger partial charge in [-0.1, -0.05) is 39.5 Å². The monoisotopic (exact) mass is 296 g/mol. The van der Waals surface area contributed by atoms with Crippen molar-refractivity contribution in [3.63, 3.8) is 0 Å². The SMILES string of the molecule is CCCCCN(CCCCC)C(=O)C1CCC(CN)CC1. The van der Waals surface area contributed by atoms with Crippen LogP contribution in [0.3, 0.4) is 0 Å². The molecule has 1 aliphatic carbocycles. The summed E-state index contributed by atoms with van der Waals surface area (Å²) in [5, 5.41) is 0. The molecule has 124 valence electrons. The van der Waals surface area contributed by atoms with E-state index in [2.05, 4.69) is 18.7 Å². The second-order valence-corrected chi connectivity index (χ2v) is 6.69. The minimum atomic E-state index is 0.274. The Morgan fingerprint density at radius 2 is 1.48 bits per heavy atom. The van der Waals surface area contributed by atoms with Crippen molar-refractivity contribution in [3.8, 4) is 0 Å². The summed E-state index contributed by atoms with van der Waals surface area (Å²) in [6.07, 6.45) is 11.6. The Morgan fingerprint density at radius 1 is 0.952 bits per heavy atom. The minimum Gasteiger partial charge on any atom is -0.342 e. The van der Waals surface area contributed by atoms with E-state index in [1.165, 1.54) is 25.7 Å². The maximum atomic E-state index is 12.8. The standard InChI is InChI=1S/C18H36N2O/c1-3-5-7-13-20(14-8-6-4-2)18(21)17-11-9-16(15-19)10-12-17/h16-17H,3-15,19H2,1-2H3. The van der Waals surface area contributed by atoms with Gasteiger partial charge in [-0.05, 0) is 51.0 Å². The van der Waals surface area contributed by atoms with Gasteiger partial charge in [0.1, 0.15) is 0 Å². The van der Waals surface area contributed by atoms with Crippen LogP contribution < -0.4 is 5.73 Å². The van der Waals surface area contributed by atoms with Gasteiger partial charge in [-0.3, -0.25) is 4.79 Å². The number of rotatable bonds is 10. The Morgan fingerprint density at radius 3 is 1.90 bits per heavy atom. The summed E-state index contributed by atoms with van der Waals surface area (Å²) >= 11 is 0. The molecule has 1 fully saturated rings. The van der Waals surface area contributed by atoms with Gasteiger partial charge in [-0.25, -0.2) is 0 Å². The molecule has 0 atom stereocenters. The summed E-state index contributed by atoms with van der Waals surface area (Å²) < 4.78 is 0. The van der Waals surface area contributed by atoms with Gasteiger partial charge in [-0.15, -0.1) is 0 Å². The van der Waals surface area contributed by atoms with Crippen molar-refractivity contribution in [2.75, 3.05) is 19.6 Å². The van der Waals surface area contributed by atoms with Gasteiger partial charge >= 0.3 is 0 Å². The van der Waals surface area contributed by atoms with Crippen LogP contribution in [0, 0.1) is 11.8 Å². The third kappa shape index (κ3) is 6.82. The normalized spacial score (nSPS) is 22.2. The Labute approximate surface area is 131 Å². The van der Waals surface area contributed by atoms with Crippen LogP contribution in [-0.2, 0) is 4.79 Å². The van der Waals surface area contributed by atoms with Crippen LogP contribution in [0.4, 0.5) is 0 Å². The average Bonchev–Trinajstić information content (AvgIpc) is 2.53. The Bertz CT molecular complexity index is 262. The molecule has 0 saturated heterocycles. The summed E-state index contributed by atoms with van der Waals surface area (Å²) in [6.45, 7) is 7.16. The maximum Gasteiger partial charge on any atom is 0.225 e. The maximum absolute atomic E-state index is 12.8. The first-order chi connectivity index (χ1) is 10.2. The van der Waals surface area contributed by atoms with E-state index >= 15 is 0 Å². The smallest absolute Gasteiger partial charge is 0.225 e. The van der Waals surface area contributed by atoms with Gasteiger partial charge in [-0.2, -0.15) is 0 Å². The summed E-state index contributed by atoms with van der Waals surface area (Å²) in [4.78, 5) is 14.9. The van der Waals surface area contributed by atoms with Gasteiger partial charge in [0.05, 0.1) is 0 Å². The number of nitrogens with two attached hydrogens (primary N) is 1. The van der Waals surface area contributed by atoms with Crippen molar-refractivity contribution >= 4 is 5.91 Å². The fourth-order valence-electron chi connectivity index (χ4n) is 3.34. The molecule has 1 amide bonds. The van der Waals surface area contributed by atoms with Gasteiger partial charge in [0, 0.05) is 19.0 Å². The predicted molar refractivity (Wildman–Crippen MR) is 90.1 cm³/mol. The lowest BCUT2D eigenvalue weighted by atomic mass is 9.81. The quantitative estimate of drug-likeness (QED) is 0.620. The van der Waals surface area contributed by atoms with Crippen LogP contribution in [0.15, 0.2) is 0 Å². The number of unbranched alkanes of at least 4 members (excludes halogenated alkanes) is 4. The lowest BCUT2D eigenvalue weighted by molar-refractivity contribution is -0.137. The molecular formula is C18H36N2O. The molecule has 0 radical (unpaired) electrons. The van der Waals surface area contributed by atoms with Crippen LogP contribution in [-0.4, -0.2) is 30.4 Å². The first-order valence-corrected chi connectivity index (χ1v) is 9.21. The minimum absolute atomic E-state index is 0.274. The summed E-state index contributed by atoms with van der Waals surface area (Å²) in [7, 11) is 0. The molecule has 0 spiro atoms. The molecule has 1 saturated carbocycles. The average molecular weight is 296 g/mol. The fraction of sp³-hybridized carbons (Fsp3) is 0.944. The molecule has 0 aromatic rings. The second-order valence-electron chi connectivity index (χ2n) is 6.69. The molecule has 0 aliphatic heterocycles. The summed E-state index contributed by atoms with van der Waals surface area (Å²) in [6, 6.07) is 0. The number of hydrogen-bond donors (Lipinski definition) is 1. The van der Waals surface area contributed by atoms with Crippen LogP contribution in [0.25, 0.3) is 0 Å². The van der Waals surface area contributed by atoms with Crippen molar-refractivity contribution in [1.29, 1.82) is 0 Å². The summed E-state index contributed by atoms with van der Waals surface area (Å²) in [5.74, 6) is 1.36. The molecule has 3 heteroatoms. The van der Waals surface area contributed by atoms with Gasteiger partial charge in [0.25, 0.3) is 0 Å². The van der Waals surface area contributed by atoms with Gasteiger partial charge < -0.3 is 10.6 Å². The molecule has 2 N–H and O–H groups in total. The van der Waals surface area contributed by atoms with E-state index in [0.29, 0.717) is 11.8 Å². The van der Waals surface area contributed by atoms with Crippen molar-refractivity contribution in [3.05, 3.63) is 0 Å². The fourth-order valence-corrected chi connectivity index (χ4v) is 3.34. The number of carbonyl (C=O) groups excluding carboxylic acids is 1. The highest BCUT2D eigenvalue weighted by Crippen LogP contribution is 2.29. The van der Waals surface area contributed by atoms with E-state index in [0.717, 1.165) is 58.2 Å². The highest BCUT2D eigenvalue weighted by molar-refractivity contribution is 5.78. The van der Waals surface area contributed by atoms with Crippen LogP contribution in [0.1, 0.15) is 78.1 Å². The first kappa shape index (κ1) is 18.5. The van der Waals surface area contributed by atoms with Crippen molar-refractivity contribution in [1.82, 2.24) is 4.90 Å². The van der Waals surface area contributed by atoms with Crippen molar-refractivity contribution in [2.45, 2.75) is 78.1 Å². The zero-order valence-electron chi connectivity index (χ0n) is 14.3. The molecule has 21 heavy (non-hydrogen) atoms. The zero-order chi connectivity index (χ0) is 15.5. The zero-order valence-corrected chi connectivity index (χ0v) is 14.3. The highest BCUT2D eigenvalue weighted by Gasteiger charge is 2.28. The van der Waals surface area contributed by atoms with Crippen LogP contribution in [0.5, 0.6) is 0 Å². The molecule has 0 aromatic heterocycles. The third-order valence-electron chi connectivity index (χ3n) is 4.90. The first-order valence-electron chi connectivity index (χ1n) is 9.21. The second kappa shape index (κ2) is 11.1. The van der Waals surface area contributed by atoms with E-state index in [4.69, 9.17) is 5.73 Å². The Balaban J connectivity index is 2.44. The molecule has 3 nitrogen and oxygen atoms in total. The number of amides is 1. The van der Waals surface area contributed by atoms with Crippen molar-refractivity contribution < 1.29 is 4.79 Å². The van der Waals surface area contributed by atoms with Gasteiger partial charge in [0.15, 0.2) is 0 Å². The topological polar surface area (TPSA) is 46.3 Å². The van der Waals surface area contributed by atoms with E-state index in [9.17, 15) is 4.79 Å². The Kier molecular flexibility index (Phi) is 9.73. The van der Waals surface area contributed by atoms with E-state index < -0.39 is 0 Å². The molecular weight excluding hydrogens is 260 g/mol. The van der Waals surface area contributed by atoms with E-state index in [1.807, 2.05) is 0 Å². The number of carbonyl (C=O) groups is 1. The third-order valence-corrected chi connectivity index (χ3v) is 4.90. The van der Waals surface area contributed by atoms with E-state index in [1.54, 1.807) is 0 Å². The summed E-state index contributed by atoms with van der Waals surface area (Å²) in [5.41, 5.74) is 5.75. The van der Waals surface area contributed by atoms with Crippen LogP contribution >= 0.6 is 0 Å². The molecule has 0 heterocycles. The Hall–Kier alpha value is -0.570. The molecule has 1 rings (SSSR count). The van der Waals surface area contributed by atoms with E-state index in [-0.39, 0.29) is 5.92 Å². The molecule has 1 aliphatic rings.